The molecule has 2 rings (SSSR count). The number of hydrogen-bond donors (Lipinski definition) is 2. The van der Waals surface area contributed by atoms with Gasteiger partial charge in [-0.05, 0) is 30.6 Å². The molecule has 19 heavy (non-hydrogen) atoms. The molecule has 5 heteroatoms. The van der Waals surface area contributed by atoms with Gasteiger partial charge < -0.3 is 10.4 Å². The maximum atomic E-state index is 9.85. The van der Waals surface area contributed by atoms with Crippen LogP contribution >= 0.6 is 0 Å². The van der Waals surface area contributed by atoms with E-state index in [0.717, 1.165) is 25.9 Å². The van der Waals surface area contributed by atoms with E-state index in [1.54, 1.807) is 12.7 Å². The van der Waals surface area contributed by atoms with Gasteiger partial charge in [-0.15, -0.1) is 0 Å². The molecule has 0 saturated heterocycles. The first-order valence-electron chi connectivity index (χ1n) is 7.13. The molecule has 0 radical (unpaired) electrons. The molecule has 0 spiro atoms. The van der Waals surface area contributed by atoms with E-state index in [-0.39, 0.29) is 12.1 Å². The summed E-state index contributed by atoms with van der Waals surface area (Å²) in [5.41, 5.74) is 0.155. The van der Waals surface area contributed by atoms with Crippen LogP contribution in [0, 0.1) is 11.3 Å². The standard InChI is InChI=1S/C14H26N4O/c1-12-6-13(2,3)8-14(7-12,9-19)16-4-5-18-11-15-10-17-18/h10-12,16,19H,4-9H2,1-3H3/t12-,14-/m0/s1. The minimum atomic E-state index is -0.137. The van der Waals surface area contributed by atoms with Crippen molar-refractivity contribution in [2.75, 3.05) is 13.2 Å². The van der Waals surface area contributed by atoms with Crippen molar-refractivity contribution in [1.29, 1.82) is 0 Å². The first-order valence-corrected chi connectivity index (χ1v) is 7.13. The number of nitrogens with zero attached hydrogens (tertiary/aromatic N) is 3. The molecule has 2 atom stereocenters. The lowest BCUT2D eigenvalue weighted by molar-refractivity contribution is 0.0359. The van der Waals surface area contributed by atoms with E-state index in [4.69, 9.17) is 0 Å². The average Bonchev–Trinajstić information content (AvgIpc) is 2.79. The third kappa shape index (κ3) is 3.76. The van der Waals surface area contributed by atoms with Crippen LogP contribution in [0.3, 0.4) is 0 Å². The Morgan fingerprint density at radius 1 is 1.42 bits per heavy atom. The molecule has 0 bridgehead atoms. The second kappa shape index (κ2) is 5.59. The van der Waals surface area contributed by atoms with E-state index < -0.39 is 0 Å². The number of hydrogen-bond acceptors (Lipinski definition) is 4. The zero-order valence-electron chi connectivity index (χ0n) is 12.3. The Morgan fingerprint density at radius 3 is 2.79 bits per heavy atom. The van der Waals surface area contributed by atoms with Gasteiger partial charge in [0.05, 0.1) is 13.2 Å². The van der Waals surface area contributed by atoms with Crippen molar-refractivity contribution in [3.05, 3.63) is 12.7 Å². The summed E-state index contributed by atoms with van der Waals surface area (Å²) < 4.78 is 1.81. The van der Waals surface area contributed by atoms with E-state index in [1.807, 2.05) is 4.68 Å². The molecular weight excluding hydrogens is 240 g/mol. The van der Waals surface area contributed by atoms with E-state index in [2.05, 4.69) is 36.2 Å². The van der Waals surface area contributed by atoms with E-state index >= 15 is 0 Å². The number of nitrogens with one attached hydrogen (secondary N) is 1. The van der Waals surface area contributed by atoms with Gasteiger partial charge in [0.15, 0.2) is 0 Å². The summed E-state index contributed by atoms with van der Waals surface area (Å²) in [6.07, 6.45) is 6.58. The molecule has 5 nitrogen and oxygen atoms in total. The van der Waals surface area contributed by atoms with Gasteiger partial charge in [-0.3, -0.25) is 4.68 Å². The predicted octanol–water partition coefficient (Wildman–Crippen LogP) is 1.44. The van der Waals surface area contributed by atoms with Gasteiger partial charge in [-0.2, -0.15) is 5.10 Å². The molecule has 0 unspecified atom stereocenters. The Morgan fingerprint density at radius 2 is 2.21 bits per heavy atom. The third-order valence-electron chi connectivity index (χ3n) is 4.07. The molecule has 1 saturated carbocycles. The van der Waals surface area contributed by atoms with E-state index in [9.17, 15) is 5.11 Å². The van der Waals surface area contributed by atoms with Crippen LogP contribution in [0.15, 0.2) is 12.7 Å². The van der Waals surface area contributed by atoms with Crippen LogP contribution in [0.4, 0.5) is 0 Å². The maximum absolute atomic E-state index is 9.85. The molecule has 2 N–H and O–H groups in total. The second-order valence-electron chi connectivity index (χ2n) is 6.88. The first kappa shape index (κ1) is 14.5. The molecule has 1 heterocycles. The Balaban J connectivity index is 1.93. The van der Waals surface area contributed by atoms with Crippen molar-refractivity contribution in [2.45, 2.75) is 52.1 Å². The van der Waals surface area contributed by atoms with Crippen LogP contribution in [0.1, 0.15) is 40.0 Å². The number of aromatic nitrogens is 3. The summed E-state index contributed by atoms with van der Waals surface area (Å²) in [4.78, 5) is 3.93. The van der Waals surface area contributed by atoms with Gasteiger partial charge in [0, 0.05) is 12.1 Å². The number of aliphatic hydroxyl groups is 1. The minimum absolute atomic E-state index is 0.137. The molecule has 0 aliphatic heterocycles. The van der Waals surface area contributed by atoms with Crippen LogP contribution in [-0.2, 0) is 6.54 Å². The smallest absolute Gasteiger partial charge is 0.137 e. The summed E-state index contributed by atoms with van der Waals surface area (Å²) in [5, 5.41) is 17.5. The van der Waals surface area contributed by atoms with Crippen LogP contribution in [-0.4, -0.2) is 38.6 Å². The molecule has 1 aromatic heterocycles. The Hall–Kier alpha value is -0.940. The van der Waals surface area contributed by atoms with Gasteiger partial charge >= 0.3 is 0 Å². The highest BCUT2D eigenvalue weighted by Crippen LogP contribution is 2.43. The fourth-order valence-electron chi connectivity index (χ4n) is 3.84. The number of aliphatic hydroxyl groups excluding tert-OH is 1. The highest BCUT2D eigenvalue weighted by atomic mass is 16.3. The molecule has 1 fully saturated rings. The SMILES string of the molecule is C[C@H]1CC(C)(C)C[C@@](CO)(NCCn2cncn2)C1. The van der Waals surface area contributed by atoms with Gasteiger partial charge in [-0.1, -0.05) is 20.8 Å². The highest BCUT2D eigenvalue weighted by Gasteiger charge is 2.42. The summed E-state index contributed by atoms with van der Waals surface area (Å²) in [5.74, 6) is 0.648. The summed E-state index contributed by atoms with van der Waals surface area (Å²) in [6.45, 7) is 8.68. The van der Waals surface area contributed by atoms with Gasteiger partial charge in [0.1, 0.15) is 12.7 Å². The molecule has 0 amide bonds. The van der Waals surface area contributed by atoms with E-state index in [1.165, 1.54) is 6.42 Å². The zero-order chi connectivity index (χ0) is 13.9. The van der Waals surface area contributed by atoms with Crippen LogP contribution in [0.25, 0.3) is 0 Å². The lowest BCUT2D eigenvalue weighted by Crippen LogP contribution is -2.55. The zero-order valence-corrected chi connectivity index (χ0v) is 12.3. The van der Waals surface area contributed by atoms with Crippen molar-refractivity contribution in [3.63, 3.8) is 0 Å². The average molecular weight is 266 g/mol. The quantitative estimate of drug-likeness (QED) is 0.846. The molecule has 1 aromatic rings. The fraction of sp³-hybridized carbons (Fsp3) is 0.857. The molecule has 1 aliphatic carbocycles. The Kier molecular flexibility index (Phi) is 4.26. The Bertz CT molecular complexity index is 390. The van der Waals surface area contributed by atoms with Crippen molar-refractivity contribution in [3.8, 4) is 0 Å². The van der Waals surface area contributed by atoms with Crippen molar-refractivity contribution in [2.24, 2.45) is 11.3 Å². The normalized spacial score (nSPS) is 30.4. The number of rotatable bonds is 5. The Labute approximate surface area is 115 Å². The van der Waals surface area contributed by atoms with E-state index in [0.29, 0.717) is 11.3 Å². The summed E-state index contributed by atoms with van der Waals surface area (Å²) in [6, 6.07) is 0. The van der Waals surface area contributed by atoms with Gasteiger partial charge in [0.25, 0.3) is 0 Å². The lowest BCUT2D eigenvalue weighted by atomic mass is 9.64. The predicted molar refractivity (Wildman–Crippen MR) is 74.6 cm³/mol. The molecule has 1 aliphatic rings. The molecule has 108 valence electrons. The third-order valence-corrected chi connectivity index (χ3v) is 4.07. The molecular formula is C14H26N4O. The monoisotopic (exact) mass is 266 g/mol. The van der Waals surface area contributed by atoms with Crippen molar-refractivity contribution >= 4 is 0 Å². The van der Waals surface area contributed by atoms with Crippen LogP contribution < -0.4 is 5.32 Å². The van der Waals surface area contributed by atoms with Crippen LogP contribution in [0.5, 0.6) is 0 Å². The minimum Gasteiger partial charge on any atom is -0.394 e. The maximum Gasteiger partial charge on any atom is 0.137 e. The molecule has 0 aromatic carbocycles. The lowest BCUT2D eigenvalue weighted by Gasteiger charge is -2.47. The largest absolute Gasteiger partial charge is 0.394 e. The van der Waals surface area contributed by atoms with Crippen molar-refractivity contribution < 1.29 is 5.11 Å². The fourth-order valence-corrected chi connectivity index (χ4v) is 3.84. The summed E-state index contributed by atoms with van der Waals surface area (Å²) >= 11 is 0. The van der Waals surface area contributed by atoms with Crippen molar-refractivity contribution in [1.82, 2.24) is 20.1 Å². The van der Waals surface area contributed by atoms with Gasteiger partial charge in [0.2, 0.25) is 0 Å². The highest BCUT2D eigenvalue weighted by molar-refractivity contribution is 4.98. The summed E-state index contributed by atoms with van der Waals surface area (Å²) in [7, 11) is 0. The second-order valence-corrected chi connectivity index (χ2v) is 6.88. The van der Waals surface area contributed by atoms with Gasteiger partial charge in [-0.25, -0.2) is 4.98 Å². The first-order chi connectivity index (χ1) is 8.95. The topological polar surface area (TPSA) is 63.0 Å². The van der Waals surface area contributed by atoms with Crippen LogP contribution in [0.2, 0.25) is 0 Å².